The molecule has 2 aliphatic heterocycles. The maximum Gasteiger partial charge on any atom is 0.247 e. The van der Waals surface area contributed by atoms with Crippen LogP contribution in [0.1, 0.15) is 36.0 Å². The Hall–Kier alpha value is -2.15. The number of aromatic nitrogens is 4. The minimum atomic E-state index is -0.163. The average Bonchev–Trinajstić information content (AvgIpc) is 3.28. The molecule has 0 saturated carbocycles. The van der Waals surface area contributed by atoms with Crippen LogP contribution < -0.4 is 0 Å². The first-order chi connectivity index (χ1) is 11.6. The van der Waals surface area contributed by atoms with Gasteiger partial charge >= 0.3 is 0 Å². The number of carbonyl (C=O) groups is 1. The molecule has 4 rings (SSSR count). The number of aryl methyl sites for hydroxylation is 2. The van der Waals surface area contributed by atoms with Crippen molar-refractivity contribution >= 4 is 5.91 Å². The molecule has 7 nitrogen and oxygen atoms in total. The van der Waals surface area contributed by atoms with Crippen LogP contribution in [0.5, 0.6) is 0 Å². The highest BCUT2D eigenvalue weighted by Gasteiger charge is 2.34. The van der Waals surface area contributed by atoms with Crippen LogP contribution in [-0.4, -0.2) is 54.7 Å². The first-order valence-electron chi connectivity index (χ1n) is 8.63. The molecule has 2 aromatic heterocycles. The van der Waals surface area contributed by atoms with E-state index in [-0.39, 0.29) is 11.9 Å². The Bertz CT molecular complexity index is 742. The van der Waals surface area contributed by atoms with Crippen molar-refractivity contribution < 1.29 is 4.79 Å². The summed E-state index contributed by atoms with van der Waals surface area (Å²) < 4.78 is 3.99. The number of fused-ring (bicyclic) bond motifs is 1. The van der Waals surface area contributed by atoms with Gasteiger partial charge in [0.25, 0.3) is 0 Å². The SMILES string of the molecule is Cc1cc(CN2Cc3cncn3[C@H](C(=O)N3CCCC3)C2)n(C)n1. The van der Waals surface area contributed by atoms with Crippen molar-refractivity contribution in [3.63, 3.8) is 0 Å². The molecule has 128 valence electrons. The lowest BCUT2D eigenvalue weighted by molar-refractivity contribution is -0.135. The van der Waals surface area contributed by atoms with E-state index in [0.29, 0.717) is 0 Å². The van der Waals surface area contributed by atoms with Crippen molar-refractivity contribution in [2.75, 3.05) is 19.6 Å². The maximum atomic E-state index is 13.0. The zero-order valence-corrected chi connectivity index (χ0v) is 14.4. The minimum Gasteiger partial charge on any atom is -0.341 e. The topological polar surface area (TPSA) is 59.2 Å². The van der Waals surface area contributed by atoms with E-state index in [4.69, 9.17) is 0 Å². The van der Waals surface area contributed by atoms with E-state index in [1.165, 1.54) is 5.69 Å². The molecule has 0 bridgehead atoms. The standard InChI is InChI=1S/C17H24N6O/c1-13-7-14(20(2)19-13)9-21-10-15-8-18-12-23(15)16(11-21)17(24)22-5-3-4-6-22/h7-8,12,16H,3-6,9-11H2,1-2H3/t16-/m0/s1. The molecule has 24 heavy (non-hydrogen) atoms. The molecule has 0 aliphatic carbocycles. The summed E-state index contributed by atoms with van der Waals surface area (Å²) in [5, 5.41) is 4.43. The molecule has 1 atom stereocenters. The van der Waals surface area contributed by atoms with E-state index in [1.807, 2.05) is 29.7 Å². The van der Waals surface area contributed by atoms with Crippen molar-refractivity contribution in [2.45, 2.75) is 38.9 Å². The molecular weight excluding hydrogens is 304 g/mol. The Balaban J connectivity index is 1.56. The van der Waals surface area contributed by atoms with Crippen molar-refractivity contribution in [3.8, 4) is 0 Å². The van der Waals surface area contributed by atoms with Gasteiger partial charge in [-0.3, -0.25) is 14.4 Å². The number of rotatable bonds is 3. The highest BCUT2D eigenvalue weighted by Crippen LogP contribution is 2.25. The van der Waals surface area contributed by atoms with Gasteiger partial charge in [-0.25, -0.2) is 4.98 Å². The van der Waals surface area contributed by atoms with E-state index in [2.05, 4.69) is 25.6 Å². The highest BCUT2D eigenvalue weighted by atomic mass is 16.2. The molecule has 2 aromatic rings. The van der Waals surface area contributed by atoms with Gasteiger partial charge in [-0.1, -0.05) is 0 Å². The van der Waals surface area contributed by atoms with Crippen LogP contribution in [0, 0.1) is 6.92 Å². The van der Waals surface area contributed by atoms with Crippen LogP contribution >= 0.6 is 0 Å². The lowest BCUT2D eigenvalue weighted by Gasteiger charge is -2.35. The molecule has 1 saturated heterocycles. The predicted octanol–water partition coefficient (Wildman–Crippen LogP) is 1.10. The minimum absolute atomic E-state index is 0.163. The molecule has 2 aliphatic rings. The summed E-state index contributed by atoms with van der Waals surface area (Å²) >= 11 is 0. The van der Waals surface area contributed by atoms with Gasteiger partial charge in [-0.05, 0) is 25.8 Å². The van der Waals surface area contributed by atoms with Crippen LogP contribution in [0.25, 0.3) is 0 Å². The molecule has 4 heterocycles. The lowest BCUT2D eigenvalue weighted by Crippen LogP contribution is -2.45. The fraction of sp³-hybridized carbons (Fsp3) is 0.588. The van der Waals surface area contributed by atoms with Gasteiger partial charge < -0.3 is 9.47 Å². The van der Waals surface area contributed by atoms with E-state index in [9.17, 15) is 4.79 Å². The van der Waals surface area contributed by atoms with Gasteiger partial charge in [0.05, 0.1) is 23.4 Å². The Labute approximate surface area is 141 Å². The lowest BCUT2D eigenvalue weighted by atomic mass is 10.1. The van der Waals surface area contributed by atoms with Crippen LogP contribution in [0.4, 0.5) is 0 Å². The van der Waals surface area contributed by atoms with Gasteiger partial charge in [0.1, 0.15) is 6.04 Å². The molecule has 0 unspecified atom stereocenters. The first kappa shape index (κ1) is 15.4. The number of hydrogen-bond acceptors (Lipinski definition) is 4. The van der Waals surface area contributed by atoms with Gasteiger partial charge in [-0.2, -0.15) is 5.10 Å². The van der Waals surface area contributed by atoms with E-state index < -0.39 is 0 Å². The van der Waals surface area contributed by atoms with Gasteiger partial charge in [-0.15, -0.1) is 0 Å². The Morgan fingerprint density at radius 1 is 1.33 bits per heavy atom. The van der Waals surface area contributed by atoms with Crippen molar-refractivity contribution in [1.82, 2.24) is 29.1 Å². The summed E-state index contributed by atoms with van der Waals surface area (Å²) in [5.74, 6) is 0.234. The summed E-state index contributed by atoms with van der Waals surface area (Å²) in [7, 11) is 1.98. The summed E-state index contributed by atoms with van der Waals surface area (Å²) in [6.45, 7) is 6.12. The van der Waals surface area contributed by atoms with Gasteiger partial charge in [0.15, 0.2) is 0 Å². The summed E-state index contributed by atoms with van der Waals surface area (Å²) in [6.07, 6.45) is 5.92. The largest absolute Gasteiger partial charge is 0.341 e. The van der Waals surface area contributed by atoms with Crippen LogP contribution in [0.15, 0.2) is 18.6 Å². The third kappa shape index (κ3) is 2.73. The van der Waals surface area contributed by atoms with Crippen LogP contribution in [-0.2, 0) is 24.9 Å². The number of hydrogen-bond donors (Lipinski definition) is 0. The second-order valence-electron chi connectivity index (χ2n) is 6.91. The smallest absolute Gasteiger partial charge is 0.247 e. The number of nitrogens with zero attached hydrogens (tertiary/aromatic N) is 6. The summed E-state index contributed by atoms with van der Waals surface area (Å²) in [4.78, 5) is 21.6. The molecule has 0 N–H and O–H groups in total. The molecular formula is C17H24N6O. The molecule has 0 aromatic carbocycles. The van der Waals surface area contributed by atoms with Gasteiger partial charge in [0, 0.05) is 46.0 Å². The van der Waals surface area contributed by atoms with E-state index >= 15 is 0 Å². The van der Waals surface area contributed by atoms with Crippen molar-refractivity contribution in [1.29, 1.82) is 0 Å². The average molecular weight is 328 g/mol. The zero-order valence-electron chi connectivity index (χ0n) is 14.4. The monoisotopic (exact) mass is 328 g/mol. The van der Waals surface area contributed by atoms with Crippen LogP contribution in [0.2, 0.25) is 0 Å². The third-order valence-electron chi connectivity index (χ3n) is 5.09. The molecule has 1 amide bonds. The number of carbonyl (C=O) groups excluding carboxylic acids is 1. The Kier molecular flexibility index (Phi) is 3.88. The van der Waals surface area contributed by atoms with Crippen LogP contribution in [0.3, 0.4) is 0 Å². The molecule has 0 radical (unpaired) electrons. The fourth-order valence-corrected chi connectivity index (χ4v) is 3.87. The molecule has 1 fully saturated rings. The summed E-state index contributed by atoms with van der Waals surface area (Å²) in [5.41, 5.74) is 3.31. The number of amides is 1. The number of imidazole rings is 1. The summed E-state index contributed by atoms with van der Waals surface area (Å²) in [6, 6.07) is 1.95. The van der Waals surface area contributed by atoms with Crippen molar-refractivity contribution in [2.24, 2.45) is 7.05 Å². The van der Waals surface area contributed by atoms with Crippen molar-refractivity contribution in [3.05, 3.63) is 35.7 Å². The Morgan fingerprint density at radius 2 is 2.12 bits per heavy atom. The van der Waals surface area contributed by atoms with E-state index in [1.54, 1.807) is 6.33 Å². The normalized spacial score (nSPS) is 21.2. The quantitative estimate of drug-likeness (QED) is 0.847. The van der Waals surface area contributed by atoms with Gasteiger partial charge in [0.2, 0.25) is 5.91 Å². The fourth-order valence-electron chi connectivity index (χ4n) is 3.87. The Morgan fingerprint density at radius 3 is 2.83 bits per heavy atom. The number of likely N-dealkylation sites (tertiary alicyclic amines) is 1. The molecule has 0 spiro atoms. The molecule has 7 heteroatoms. The zero-order chi connectivity index (χ0) is 16.7. The maximum absolute atomic E-state index is 13.0. The first-order valence-corrected chi connectivity index (χ1v) is 8.63. The second-order valence-corrected chi connectivity index (χ2v) is 6.91. The highest BCUT2D eigenvalue weighted by molar-refractivity contribution is 5.81. The van der Waals surface area contributed by atoms with E-state index in [0.717, 1.165) is 57.0 Å². The predicted molar refractivity (Wildman–Crippen MR) is 89.1 cm³/mol. The third-order valence-corrected chi connectivity index (χ3v) is 5.09. The second kappa shape index (κ2) is 6.05.